The van der Waals surface area contributed by atoms with Gasteiger partial charge in [0.1, 0.15) is 0 Å². The van der Waals surface area contributed by atoms with Crippen molar-refractivity contribution >= 4 is 11.8 Å². The molecule has 0 aromatic heterocycles. The topological polar surface area (TPSA) is 67.9 Å². The van der Waals surface area contributed by atoms with Gasteiger partial charge < -0.3 is 19.7 Å². The number of rotatable bonds is 8. The molecule has 24 heavy (non-hydrogen) atoms. The standard InChI is InChI=1S/C18H26N2O4/c1-15(21)20-9-11-24-17(13-20)12-19-18(22)8-5-10-23-14-16-6-3-2-4-7-16/h2-4,6-7,17H,5,8-14H2,1H3,(H,19,22)/t17-/m0/s1. The Balaban J connectivity index is 1.53. The van der Waals surface area contributed by atoms with Gasteiger partial charge in [-0.05, 0) is 12.0 Å². The van der Waals surface area contributed by atoms with Crippen LogP contribution >= 0.6 is 0 Å². The van der Waals surface area contributed by atoms with Crippen molar-refractivity contribution in [2.75, 3.05) is 32.8 Å². The molecular formula is C18H26N2O4. The molecule has 6 nitrogen and oxygen atoms in total. The van der Waals surface area contributed by atoms with E-state index in [1.54, 1.807) is 11.8 Å². The van der Waals surface area contributed by atoms with E-state index in [-0.39, 0.29) is 17.9 Å². The molecule has 0 unspecified atom stereocenters. The Hall–Kier alpha value is -1.92. The van der Waals surface area contributed by atoms with Gasteiger partial charge in [0.25, 0.3) is 0 Å². The van der Waals surface area contributed by atoms with E-state index in [9.17, 15) is 9.59 Å². The summed E-state index contributed by atoms with van der Waals surface area (Å²) in [4.78, 5) is 24.9. The fourth-order valence-electron chi connectivity index (χ4n) is 2.54. The van der Waals surface area contributed by atoms with Gasteiger partial charge in [0.2, 0.25) is 11.8 Å². The second kappa shape index (κ2) is 10.1. The van der Waals surface area contributed by atoms with Crippen LogP contribution < -0.4 is 5.32 Å². The normalized spacial score (nSPS) is 17.5. The van der Waals surface area contributed by atoms with E-state index >= 15 is 0 Å². The Morgan fingerprint density at radius 3 is 2.88 bits per heavy atom. The van der Waals surface area contributed by atoms with Gasteiger partial charge in [-0.15, -0.1) is 0 Å². The summed E-state index contributed by atoms with van der Waals surface area (Å²) in [6, 6.07) is 9.96. The lowest BCUT2D eigenvalue weighted by Crippen LogP contribution is -2.49. The van der Waals surface area contributed by atoms with Crippen molar-refractivity contribution in [1.82, 2.24) is 10.2 Å². The maximum atomic E-state index is 11.8. The second-order valence-electron chi connectivity index (χ2n) is 5.90. The Kier molecular flexibility index (Phi) is 7.71. The zero-order valence-corrected chi connectivity index (χ0v) is 14.2. The first-order valence-electron chi connectivity index (χ1n) is 8.40. The van der Waals surface area contributed by atoms with E-state index in [0.29, 0.717) is 52.3 Å². The molecule has 1 saturated heterocycles. The zero-order chi connectivity index (χ0) is 17.2. The molecule has 1 N–H and O–H groups in total. The number of amides is 2. The number of carbonyl (C=O) groups is 2. The molecule has 0 spiro atoms. The van der Waals surface area contributed by atoms with Crippen molar-refractivity contribution in [3.05, 3.63) is 35.9 Å². The minimum Gasteiger partial charge on any atom is -0.377 e. The van der Waals surface area contributed by atoms with Crippen LogP contribution in [0.5, 0.6) is 0 Å². The Labute approximate surface area is 143 Å². The number of nitrogens with one attached hydrogen (secondary N) is 1. The maximum absolute atomic E-state index is 11.8. The van der Waals surface area contributed by atoms with Crippen LogP contribution in [-0.2, 0) is 25.7 Å². The van der Waals surface area contributed by atoms with Crippen LogP contribution in [0.15, 0.2) is 30.3 Å². The lowest BCUT2D eigenvalue weighted by atomic mass is 10.2. The summed E-state index contributed by atoms with van der Waals surface area (Å²) in [5.41, 5.74) is 1.13. The SMILES string of the molecule is CC(=O)N1CCO[C@@H](CNC(=O)CCCOCc2ccccc2)C1. The minimum absolute atomic E-state index is 0.0122. The van der Waals surface area contributed by atoms with Gasteiger partial charge in [-0.1, -0.05) is 30.3 Å². The summed E-state index contributed by atoms with van der Waals surface area (Å²) >= 11 is 0. The first-order valence-corrected chi connectivity index (χ1v) is 8.40. The monoisotopic (exact) mass is 334 g/mol. The molecule has 1 aliphatic rings. The molecule has 1 aromatic rings. The average molecular weight is 334 g/mol. The quantitative estimate of drug-likeness (QED) is 0.729. The van der Waals surface area contributed by atoms with Crippen LogP contribution in [0.2, 0.25) is 0 Å². The number of ether oxygens (including phenoxy) is 2. The van der Waals surface area contributed by atoms with Crippen LogP contribution in [0.3, 0.4) is 0 Å². The predicted molar refractivity (Wildman–Crippen MR) is 90.3 cm³/mol. The minimum atomic E-state index is -0.124. The fraction of sp³-hybridized carbons (Fsp3) is 0.556. The summed E-state index contributed by atoms with van der Waals surface area (Å²) in [5.74, 6) is 0.0343. The van der Waals surface area contributed by atoms with Gasteiger partial charge in [-0.2, -0.15) is 0 Å². The molecule has 1 fully saturated rings. The zero-order valence-electron chi connectivity index (χ0n) is 14.2. The Morgan fingerprint density at radius 2 is 2.12 bits per heavy atom. The second-order valence-corrected chi connectivity index (χ2v) is 5.90. The molecule has 0 bridgehead atoms. The van der Waals surface area contributed by atoms with Gasteiger partial charge >= 0.3 is 0 Å². The van der Waals surface area contributed by atoms with Crippen molar-refractivity contribution in [3.63, 3.8) is 0 Å². The number of hydrogen-bond acceptors (Lipinski definition) is 4. The summed E-state index contributed by atoms with van der Waals surface area (Å²) in [6.07, 6.45) is 0.989. The van der Waals surface area contributed by atoms with E-state index in [2.05, 4.69) is 5.32 Å². The number of carbonyl (C=O) groups excluding carboxylic acids is 2. The third kappa shape index (κ3) is 6.68. The molecule has 1 aliphatic heterocycles. The van der Waals surface area contributed by atoms with Gasteiger partial charge in [-0.25, -0.2) is 0 Å². The first kappa shape index (κ1) is 18.4. The predicted octanol–water partition coefficient (Wildman–Crippen LogP) is 1.35. The number of nitrogens with zero attached hydrogens (tertiary/aromatic N) is 1. The van der Waals surface area contributed by atoms with E-state index < -0.39 is 0 Å². The summed E-state index contributed by atoms with van der Waals surface area (Å²) < 4.78 is 11.1. The van der Waals surface area contributed by atoms with E-state index in [1.165, 1.54) is 0 Å². The van der Waals surface area contributed by atoms with E-state index in [0.717, 1.165) is 5.56 Å². The lowest BCUT2D eigenvalue weighted by Gasteiger charge is -2.32. The molecule has 1 aromatic carbocycles. The van der Waals surface area contributed by atoms with Crippen LogP contribution in [0.1, 0.15) is 25.3 Å². The molecule has 0 saturated carbocycles. The van der Waals surface area contributed by atoms with Crippen molar-refractivity contribution in [2.24, 2.45) is 0 Å². The van der Waals surface area contributed by atoms with Crippen molar-refractivity contribution in [2.45, 2.75) is 32.5 Å². The number of morpholine rings is 1. The van der Waals surface area contributed by atoms with Crippen LogP contribution in [0.25, 0.3) is 0 Å². The molecule has 2 rings (SSSR count). The molecule has 0 radical (unpaired) electrons. The fourth-order valence-corrected chi connectivity index (χ4v) is 2.54. The summed E-state index contributed by atoms with van der Waals surface area (Å²) in [5, 5.41) is 2.86. The van der Waals surface area contributed by atoms with Crippen LogP contribution in [0, 0.1) is 0 Å². The smallest absolute Gasteiger partial charge is 0.220 e. The maximum Gasteiger partial charge on any atom is 0.220 e. The Morgan fingerprint density at radius 1 is 1.33 bits per heavy atom. The highest BCUT2D eigenvalue weighted by atomic mass is 16.5. The highest BCUT2D eigenvalue weighted by molar-refractivity contribution is 5.76. The van der Waals surface area contributed by atoms with Crippen molar-refractivity contribution < 1.29 is 19.1 Å². The first-order chi connectivity index (χ1) is 11.6. The van der Waals surface area contributed by atoms with Crippen LogP contribution in [-0.4, -0.2) is 55.7 Å². The molecule has 0 aliphatic carbocycles. The molecule has 6 heteroatoms. The summed E-state index contributed by atoms with van der Waals surface area (Å²) in [7, 11) is 0. The highest BCUT2D eigenvalue weighted by Crippen LogP contribution is 2.05. The summed E-state index contributed by atoms with van der Waals surface area (Å²) in [6.45, 7) is 4.80. The van der Waals surface area contributed by atoms with Gasteiger partial charge in [-0.3, -0.25) is 9.59 Å². The van der Waals surface area contributed by atoms with Gasteiger partial charge in [0.05, 0.1) is 19.3 Å². The number of benzene rings is 1. The molecular weight excluding hydrogens is 308 g/mol. The van der Waals surface area contributed by atoms with Gasteiger partial charge in [0.15, 0.2) is 0 Å². The van der Waals surface area contributed by atoms with Crippen molar-refractivity contribution in [3.8, 4) is 0 Å². The highest BCUT2D eigenvalue weighted by Gasteiger charge is 2.22. The molecule has 1 atom stereocenters. The number of hydrogen-bond donors (Lipinski definition) is 1. The van der Waals surface area contributed by atoms with E-state index in [1.807, 2.05) is 30.3 Å². The largest absolute Gasteiger partial charge is 0.377 e. The molecule has 2 amide bonds. The van der Waals surface area contributed by atoms with Gasteiger partial charge in [0, 0.05) is 39.6 Å². The third-order valence-corrected chi connectivity index (χ3v) is 3.92. The third-order valence-electron chi connectivity index (χ3n) is 3.92. The average Bonchev–Trinajstić information content (AvgIpc) is 2.61. The molecule has 132 valence electrons. The lowest BCUT2D eigenvalue weighted by molar-refractivity contribution is -0.136. The Bertz CT molecular complexity index is 521. The van der Waals surface area contributed by atoms with Crippen molar-refractivity contribution in [1.29, 1.82) is 0 Å². The van der Waals surface area contributed by atoms with Crippen LogP contribution in [0.4, 0.5) is 0 Å². The van der Waals surface area contributed by atoms with E-state index in [4.69, 9.17) is 9.47 Å². The molecule has 1 heterocycles.